The van der Waals surface area contributed by atoms with Crippen molar-refractivity contribution < 1.29 is 19.4 Å². The molecule has 3 rings (SSSR count). The fourth-order valence-corrected chi connectivity index (χ4v) is 3.08. The van der Waals surface area contributed by atoms with Gasteiger partial charge < -0.3 is 20.1 Å². The Balaban J connectivity index is 1.67. The molecule has 0 aliphatic carbocycles. The van der Waals surface area contributed by atoms with Crippen LogP contribution >= 0.6 is 0 Å². The summed E-state index contributed by atoms with van der Waals surface area (Å²) in [4.78, 5) is 26.7. The molecule has 6 heteroatoms. The van der Waals surface area contributed by atoms with Crippen molar-refractivity contribution in [1.82, 2.24) is 5.32 Å². The standard InChI is InChI=1S/C23H24N2O4/c26-14-16-29-15-13-24-22(27)11-12-23(28)25-17-20-7-2-1-5-18(20)9-10-19-6-3-4-8-21(19)25/h1-8,26H,11-17H2,(H,24,27). The molecule has 0 aromatic heterocycles. The van der Waals surface area contributed by atoms with Crippen molar-refractivity contribution in [2.24, 2.45) is 0 Å². The fourth-order valence-electron chi connectivity index (χ4n) is 3.08. The maximum atomic E-state index is 13.0. The van der Waals surface area contributed by atoms with Crippen molar-refractivity contribution >= 4 is 17.5 Å². The molecule has 29 heavy (non-hydrogen) atoms. The highest BCUT2D eigenvalue weighted by Gasteiger charge is 2.21. The van der Waals surface area contributed by atoms with Crippen molar-refractivity contribution in [2.45, 2.75) is 19.4 Å². The maximum absolute atomic E-state index is 13.0. The second-order valence-electron chi connectivity index (χ2n) is 6.59. The highest BCUT2D eigenvalue weighted by Crippen LogP contribution is 2.26. The minimum absolute atomic E-state index is 0.0484. The lowest BCUT2D eigenvalue weighted by atomic mass is 10.0. The normalized spacial score (nSPS) is 12.0. The summed E-state index contributed by atoms with van der Waals surface area (Å²) in [5, 5.41) is 11.4. The first-order valence-electron chi connectivity index (χ1n) is 9.63. The van der Waals surface area contributed by atoms with Crippen LogP contribution in [0.25, 0.3) is 0 Å². The van der Waals surface area contributed by atoms with Gasteiger partial charge in [0, 0.05) is 30.5 Å². The number of hydrogen-bond acceptors (Lipinski definition) is 4. The lowest BCUT2D eigenvalue weighted by Gasteiger charge is -2.26. The zero-order chi connectivity index (χ0) is 20.5. The third kappa shape index (κ3) is 5.67. The first-order valence-corrected chi connectivity index (χ1v) is 9.63. The minimum Gasteiger partial charge on any atom is -0.394 e. The lowest BCUT2D eigenvalue weighted by Crippen LogP contribution is -2.33. The summed E-state index contributed by atoms with van der Waals surface area (Å²) in [6, 6.07) is 15.3. The average molecular weight is 392 g/mol. The van der Waals surface area contributed by atoms with Crippen LogP contribution in [0, 0.1) is 11.8 Å². The first kappa shape index (κ1) is 20.6. The molecule has 0 radical (unpaired) electrons. The molecule has 6 nitrogen and oxygen atoms in total. The number of carbonyl (C=O) groups excluding carboxylic acids is 2. The number of fused-ring (bicyclic) bond motifs is 2. The largest absolute Gasteiger partial charge is 0.394 e. The monoisotopic (exact) mass is 392 g/mol. The Kier molecular flexibility index (Phi) is 7.40. The summed E-state index contributed by atoms with van der Waals surface area (Å²) in [5.74, 6) is 6.03. The molecular weight excluding hydrogens is 368 g/mol. The number of nitrogens with zero attached hydrogens (tertiary/aromatic N) is 1. The zero-order valence-electron chi connectivity index (χ0n) is 16.2. The van der Waals surface area contributed by atoms with E-state index in [0.717, 1.165) is 22.4 Å². The van der Waals surface area contributed by atoms with Crippen LogP contribution in [0.15, 0.2) is 48.5 Å². The van der Waals surface area contributed by atoms with Crippen LogP contribution in [0.1, 0.15) is 29.5 Å². The molecule has 0 spiro atoms. The number of para-hydroxylation sites is 1. The van der Waals surface area contributed by atoms with Gasteiger partial charge in [0.1, 0.15) is 0 Å². The van der Waals surface area contributed by atoms with Crippen LogP contribution in [0.4, 0.5) is 5.69 Å². The second kappa shape index (κ2) is 10.4. The number of rotatable bonds is 8. The lowest BCUT2D eigenvalue weighted by molar-refractivity contribution is -0.125. The topological polar surface area (TPSA) is 78.9 Å². The van der Waals surface area contributed by atoms with Crippen molar-refractivity contribution in [1.29, 1.82) is 0 Å². The number of carbonyl (C=O) groups is 2. The van der Waals surface area contributed by atoms with Crippen molar-refractivity contribution in [2.75, 3.05) is 31.3 Å². The first-order chi connectivity index (χ1) is 14.2. The average Bonchev–Trinajstić information content (AvgIpc) is 2.73. The van der Waals surface area contributed by atoms with Gasteiger partial charge in [-0.3, -0.25) is 9.59 Å². The molecule has 2 amide bonds. The van der Waals surface area contributed by atoms with Gasteiger partial charge in [0.25, 0.3) is 0 Å². The van der Waals surface area contributed by atoms with Crippen molar-refractivity contribution in [3.63, 3.8) is 0 Å². The maximum Gasteiger partial charge on any atom is 0.227 e. The zero-order valence-corrected chi connectivity index (χ0v) is 16.2. The van der Waals surface area contributed by atoms with E-state index in [-0.39, 0.29) is 37.9 Å². The molecule has 0 saturated heterocycles. The third-order valence-corrected chi connectivity index (χ3v) is 4.54. The molecule has 0 unspecified atom stereocenters. The number of nitrogens with one attached hydrogen (secondary N) is 1. The highest BCUT2D eigenvalue weighted by atomic mass is 16.5. The summed E-state index contributed by atoms with van der Waals surface area (Å²) < 4.78 is 5.10. The molecule has 0 atom stereocenters. The van der Waals surface area contributed by atoms with Crippen LogP contribution in [0.3, 0.4) is 0 Å². The molecule has 0 saturated carbocycles. The summed E-state index contributed by atoms with van der Waals surface area (Å²) in [6.45, 7) is 1.29. The Bertz CT molecular complexity index is 930. The van der Waals surface area contributed by atoms with Gasteiger partial charge in [0.15, 0.2) is 0 Å². The van der Waals surface area contributed by atoms with Gasteiger partial charge >= 0.3 is 0 Å². The van der Waals surface area contributed by atoms with Gasteiger partial charge in [-0.05, 0) is 23.8 Å². The molecule has 2 aromatic rings. The number of anilines is 1. The Labute approximate surface area is 170 Å². The summed E-state index contributed by atoms with van der Waals surface area (Å²) in [6.07, 6.45) is 0.206. The van der Waals surface area contributed by atoms with Gasteiger partial charge in [0.05, 0.1) is 32.1 Å². The number of ether oxygens (including phenoxy) is 1. The van der Waals surface area contributed by atoms with E-state index in [0.29, 0.717) is 19.7 Å². The van der Waals surface area contributed by atoms with E-state index in [1.807, 2.05) is 48.5 Å². The van der Waals surface area contributed by atoms with Crippen LogP contribution in [0.5, 0.6) is 0 Å². The van der Waals surface area contributed by atoms with E-state index in [9.17, 15) is 9.59 Å². The van der Waals surface area contributed by atoms with Gasteiger partial charge in [-0.15, -0.1) is 0 Å². The molecular formula is C23H24N2O4. The van der Waals surface area contributed by atoms with Crippen LogP contribution < -0.4 is 10.2 Å². The van der Waals surface area contributed by atoms with Gasteiger partial charge in [0.2, 0.25) is 11.8 Å². The second-order valence-corrected chi connectivity index (χ2v) is 6.59. The van der Waals surface area contributed by atoms with E-state index in [1.165, 1.54) is 0 Å². The molecule has 0 bridgehead atoms. The van der Waals surface area contributed by atoms with Gasteiger partial charge in [-0.2, -0.15) is 0 Å². The van der Waals surface area contributed by atoms with E-state index < -0.39 is 0 Å². The predicted molar refractivity (Wildman–Crippen MR) is 110 cm³/mol. The van der Waals surface area contributed by atoms with Crippen LogP contribution in [0.2, 0.25) is 0 Å². The summed E-state index contributed by atoms with van der Waals surface area (Å²) in [5.41, 5.74) is 3.44. The van der Waals surface area contributed by atoms with E-state index in [4.69, 9.17) is 9.84 Å². The smallest absolute Gasteiger partial charge is 0.227 e. The van der Waals surface area contributed by atoms with Crippen molar-refractivity contribution in [3.8, 4) is 11.8 Å². The fraction of sp³-hybridized carbons (Fsp3) is 0.304. The molecule has 1 aliphatic rings. The van der Waals surface area contributed by atoms with Gasteiger partial charge in [-0.1, -0.05) is 42.2 Å². The number of aliphatic hydroxyl groups is 1. The number of amides is 2. The molecule has 1 aliphatic heterocycles. The molecule has 1 heterocycles. The summed E-state index contributed by atoms with van der Waals surface area (Å²) in [7, 11) is 0. The summed E-state index contributed by atoms with van der Waals surface area (Å²) >= 11 is 0. The number of hydrogen-bond donors (Lipinski definition) is 2. The highest BCUT2D eigenvalue weighted by molar-refractivity contribution is 5.96. The quantitative estimate of drug-likeness (QED) is 0.531. The molecule has 150 valence electrons. The van der Waals surface area contributed by atoms with Crippen LogP contribution in [-0.2, 0) is 20.9 Å². The molecule has 0 fully saturated rings. The minimum atomic E-state index is -0.202. The SMILES string of the molecule is O=C(CCC(=O)N1Cc2ccccc2C#Cc2ccccc21)NCCOCCO. The Morgan fingerprint density at radius 1 is 1.00 bits per heavy atom. The van der Waals surface area contributed by atoms with Crippen LogP contribution in [-0.4, -0.2) is 43.3 Å². The Morgan fingerprint density at radius 3 is 2.55 bits per heavy atom. The molecule has 2 aromatic carbocycles. The number of benzene rings is 2. The third-order valence-electron chi connectivity index (χ3n) is 4.54. The van der Waals surface area contributed by atoms with Gasteiger partial charge in [-0.25, -0.2) is 0 Å². The number of aliphatic hydroxyl groups excluding tert-OH is 1. The Morgan fingerprint density at radius 2 is 1.72 bits per heavy atom. The van der Waals surface area contributed by atoms with E-state index in [1.54, 1.807) is 4.90 Å². The van der Waals surface area contributed by atoms with E-state index in [2.05, 4.69) is 17.2 Å². The Hall–Kier alpha value is -3.14. The van der Waals surface area contributed by atoms with Crippen molar-refractivity contribution in [3.05, 3.63) is 65.2 Å². The molecule has 2 N–H and O–H groups in total. The predicted octanol–water partition coefficient (Wildman–Crippen LogP) is 1.84. The van der Waals surface area contributed by atoms with E-state index >= 15 is 0 Å².